The van der Waals surface area contributed by atoms with Gasteiger partial charge in [-0.15, -0.1) is 12.4 Å². The summed E-state index contributed by atoms with van der Waals surface area (Å²) in [6, 6.07) is 5.68. The van der Waals surface area contributed by atoms with Crippen LogP contribution in [0.15, 0.2) is 29.2 Å². The second-order valence-corrected chi connectivity index (χ2v) is 7.32. The Labute approximate surface area is 154 Å². The fourth-order valence-electron chi connectivity index (χ4n) is 1.96. The lowest BCUT2D eigenvalue weighted by Gasteiger charge is -2.23. The largest absolute Gasteiger partial charge is 0.468 e. The molecule has 1 unspecified atom stereocenters. The van der Waals surface area contributed by atoms with E-state index in [4.69, 9.17) is 5.73 Å². The van der Waals surface area contributed by atoms with E-state index in [2.05, 4.69) is 14.8 Å². The molecule has 1 aromatic carbocycles. The highest BCUT2D eigenvalue weighted by molar-refractivity contribution is 7.89. The SMILES string of the molecule is CCCC(C)(N)C(=O)Nc1cccc(S(=O)(=O)NCC(=O)OC)c1.Cl. The molecule has 8 nitrogen and oxygen atoms in total. The highest BCUT2D eigenvalue weighted by Gasteiger charge is 2.27. The molecule has 0 fully saturated rings. The Morgan fingerprint density at radius 1 is 1.32 bits per heavy atom. The number of ether oxygens (including phenoxy) is 1. The first-order valence-corrected chi connectivity index (χ1v) is 8.87. The first-order chi connectivity index (χ1) is 11.1. The molecule has 0 aliphatic heterocycles. The monoisotopic (exact) mass is 393 g/mol. The number of halogens is 1. The number of esters is 1. The number of benzene rings is 1. The third kappa shape index (κ3) is 6.99. The van der Waals surface area contributed by atoms with Crippen molar-refractivity contribution >= 4 is 40.0 Å². The van der Waals surface area contributed by atoms with Gasteiger partial charge in [-0.05, 0) is 31.5 Å². The summed E-state index contributed by atoms with van der Waals surface area (Å²) >= 11 is 0. The molecule has 25 heavy (non-hydrogen) atoms. The molecule has 1 aromatic rings. The Bertz CT molecular complexity index is 707. The van der Waals surface area contributed by atoms with Gasteiger partial charge in [-0.2, -0.15) is 4.72 Å². The minimum Gasteiger partial charge on any atom is -0.468 e. The highest BCUT2D eigenvalue weighted by atomic mass is 35.5. The number of nitrogens with two attached hydrogens (primary N) is 1. The van der Waals surface area contributed by atoms with Gasteiger partial charge in [0, 0.05) is 5.69 Å². The van der Waals surface area contributed by atoms with Crippen LogP contribution in [0.1, 0.15) is 26.7 Å². The van der Waals surface area contributed by atoms with Gasteiger partial charge in [0.1, 0.15) is 6.54 Å². The number of nitrogens with one attached hydrogen (secondary N) is 2. The number of hydrogen-bond donors (Lipinski definition) is 3. The van der Waals surface area contributed by atoms with E-state index in [1.54, 1.807) is 13.0 Å². The van der Waals surface area contributed by atoms with Crippen LogP contribution in [-0.2, 0) is 24.3 Å². The number of methoxy groups -OCH3 is 1. The van der Waals surface area contributed by atoms with Crippen LogP contribution in [0, 0.1) is 0 Å². The summed E-state index contributed by atoms with van der Waals surface area (Å²) < 4.78 is 30.8. The quantitative estimate of drug-likeness (QED) is 0.565. The maximum atomic E-state index is 12.2. The Morgan fingerprint density at radius 2 is 1.96 bits per heavy atom. The molecule has 0 aliphatic rings. The second-order valence-electron chi connectivity index (χ2n) is 5.55. The molecule has 0 heterocycles. The molecule has 0 bridgehead atoms. The highest BCUT2D eigenvalue weighted by Crippen LogP contribution is 2.18. The van der Waals surface area contributed by atoms with E-state index in [0.29, 0.717) is 12.1 Å². The molecule has 1 amide bonds. The first-order valence-electron chi connectivity index (χ1n) is 7.39. The number of sulfonamides is 1. The zero-order valence-electron chi connectivity index (χ0n) is 14.4. The summed E-state index contributed by atoms with van der Waals surface area (Å²) in [4.78, 5) is 23.1. The molecule has 0 radical (unpaired) electrons. The van der Waals surface area contributed by atoms with E-state index in [1.165, 1.54) is 18.2 Å². The van der Waals surface area contributed by atoms with Gasteiger partial charge >= 0.3 is 5.97 Å². The van der Waals surface area contributed by atoms with Crippen molar-refractivity contribution in [3.05, 3.63) is 24.3 Å². The molecule has 1 rings (SSSR count). The van der Waals surface area contributed by atoms with Crippen LogP contribution in [0.5, 0.6) is 0 Å². The Morgan fingerprint density at radius 3 is 2.52 bits per heavy atom. The summed E-state index contributed by atoms with van der Waals surface area (Å²) in [7, 11) is -2.74. The third-order valence-electron chi connectivity index (χ3n) is 3.32. The molecule has 0 saturated carbocycles. The van der Waals surface area contributed by atoms with Gasteiger partial charge in [0.2, 0.25) is 15.9 Å². The van der Waals surface area contributed by atoms with Crippen molar-refractivity contribution in [1.82, 2.24) is 4.72 Å². The lowest BCUT2D eigenvalue weighted by Crippen LogP contribution is -2.48. The van der Waals surface area contributed by atoms with Crippen molar-refractivity contribution in [3.63, 3.8) is 0 Å². The number of anilines is 1. The van der Waals surface area contributed by atoms with E-state index in [1.807, 2.05) is 6.92 Å². The van der Waals surface area contributed by atoms with Crippen LogP contribution in [0.2, 0.25) is 0 Å². The van der Waals surface area contributed by atoms with Crippen LogP contribution in [0.25, 0.3) is 0 Å². The van der Waals surface area contributed by atoms with E-state index in [0.717, 1.165) is 13.5 Å². The first kappa shape index (κ1) is 23.3. The maximum Gasteiger partial charge on any atom is 0.320 e. The third-order valence-corrected chi connectivity index (χ3v) is 4.72. The number of carbonyl (C=O) groups excluding carboxylic acids is 2. The molecular weight excluding hydrogens is 370 g/mol. The van der Waals surface area contributed by atoms with E-state index < -0.39 is 34.0 Å². The minimum atomic E-state index is -3.90. The predicted molar refractivity (Wildman–Crippen MR) is 97.0 cm³/mol. The van der Waals surface area contributed by atoms with E-state index in [-0.39, 0.29) is 17.3 Å². The van der Waals surface area contributed by atoms with Crippen LogP contribution in [-0.4, -0.2) is 39.5 Å². The van der Waals surface area contributed by atoms with Gasteiger partial charge in [-0.1, -0.05) is 19.4 Å². The van der Waals surface area contributed by atoms with E-state index in [9.17, 15) is 18.0 Å². The van der Waals surface area contributed by atoms with Gasteiger partial charge in [-0.3, -0.25) is 9.59 Å². The standard InChI is InChI=1S/C15H23N3O5S.ClH/c1-4-8-15(2,16)14(20)18-11-6-5-7-12(9-11)24(21,22)17-10-13(19)23-3;/h5-7,9,17H,4,8,10,16H2,1-3H3,(H,18,20);1H. The van der Waals surface area contributed by atoms with Crippen LogP contribution in [0.3, 0.4) is 0 Å². The molecule has 4 N–H and O–H groups in total. The Balaban J connectivity index is 0.00000576. The van der Waals surface area contributed by atoms with Crippen molar-refractivity contribution in [2.24, 2.45) is 5.73 Å². The number of rotatable bonds is 8. The van der Waals surface area contributed by atoms with Gasteiger partial charge < -0.3 is 15.8 Å². The normalized spacial score (nSPS) is 13.3. The zero-order valence-corrected chi connectivity index (χ0v) is 16.0. The molecule has 0 aromatic heterocycles. The summed E-state index contributed by atoms with van der Waals surface area (Å²) in [6.45, 7) is 3.05. The van der Waals surface area contributed by atoms with Crippen LogP contribution in [0.4, 0.5) is 5.69 Å². The summed E-state index contributed by atoms with van der Waals surface area (Å²) in [5, 5.41) is 2.61. The molecule has 0 spiro atoms. The van der Waals surface area contributed by atoms with Crippen molar-refractivity contribution in [3.8, 4) is 0 Å². The van der Waals surface area contributed by atoms with Gasteiger partial charge in [-0.25, -0.2) is 8.42 Å². The predicted octanol–water partition coefficient (Wildman–Crippen LogP) is 1.02. The van der Waals surface area contributed by atoms with Crippen LogP contribution >= 0.6 is 12.4 Å². The number of carbonyl (C=O) groups is 2. The molecular formula is C15H24ClN3O5S. The zero-order chi connectivity index (χ0) is 18.4. The topological polar surface area (TPSA) is 128 Å². The van der Waals surface area contributed by atoms with Crippen molar-refractivity contribution in [2.75, 3.05) is 19.0 Å². The molecule has 1 atom stereocenters. The van der Waals surface area contributed by atoms with Crippen molar-refractivity contribution in [2.45, 2.75) is 37.1 Å². The van der Waals surface area contributed by atoms with Gasteiger partial charge in [0.05, 0.1) is 17.5 Å². The molecule has 0 aliphatic carbocycles. The average Bonchev–Trinajstić information content (AvgIpc) is 2.52. The Kier molecular flexibility index (Phi) is 9.06. The lowest BCUT2D eigenvalue weighted by molar-refractivity contribution is -0.139. The van der Waals surface area contributed by atoms with Gasteiger partial charge in [0.15, 0.2) is 0 Å². The second kappa shape index (κ2) is 9.71. The summed E-state index contributed by atoms with van der Waals surface area (Å²) in [5.74, 6) is -1.11. The lowest BCUT2D eigenvalue weighted by atomic mass is 9.96. The fourth-order valence-corrected chi connectivity index (χ4v) is 2.97. The average molecular weight is 394 g/mol. The summed E-state index contributed by atoms with van der Waals surface area (Å²) in [6.07, 6.45) is 1.24. The fraction of sp³-hybridized carbons (Fsp3) is 0.467. The Hall–Kier alpha value is -1.68. The molecule has 0 saturated heterocycles. The molecule has 10 heteroatoms. The van der Waals surface area contributed by atoms with Crippen molar-refractivity contribution in [1.29, 1.82) is 0 Å². The summed E-state index contributed by atoms with van der Waals surface area (Å²) in [5.41, 5.74) is 5.20. The maximum absolute atomic E-state index is 12.2. The number of hydrogen-bond acceptors (Lipinski definition) is 6. The molecule has 142 valence electrons. The van der Waals surface area contributed by atoms with Gasteiger partial charge in [0.25, 0.3) is 0 Å². The number of amides is 1. The van der Waals surface area contributed by atoms with E-state index >= 15 is 0 Å². The smallest absolute Gasteiger partial charge is 0.320 e. The van der Waals surface area contributed by atoms with Crippen molar-refractivity contribution < 1.29 is 22.7 Å². The minimum absolute atomic E-state index is 0. The van der Waals surface area contributed by atoms with Crippen LogP contribution < -0.4 is 15.8 Å².